The first kappa shape index (κ1) is 19.1. The smallest absolute Gasteiger partial charge is 0.255 e. The molecular weight excluding hydrogens is 364 g/mol. The number of carbonyl (C=O) groups excluding carboxylic acids is 1. The maximum atomic E-state index is 12.7. The topological polar surface area (TPSA) is 75.7 Å². The number of hydrogen-bond acceptors (Lipinski definition) is 4. The van der Waals surface area contributed by atoms with E-state index in [4.69, 9.17) is 4.74 Å². The third kappa shape index (κ3) is 3.74. The van der Waals surface area contributed by atoms with Gasteiger partial charge in [0.25, 0.3) is 5.91 Å². The Morgan fingerprint density at radius 2 is 1.85 bits per heavy atom. The molecule has 1 N–H and O–H groups in total. The van der Waals surface area contributed by atoms with Crippen LogP contribution in [0.3, 0.4) is 0 Å². The summed E-state index contributed by atoms with van der Waals surface area (Å²) in [5, 5.41) is 2.83. The van der Waals surface area contributed by atoms with Crippen molar-refractivity contribution in [1.29, 1.82) is 0 Å². The number of ether oxygens (including phenoxy) is 1. The van der Waals surface area contributed by atoms with Crippen molar-refractivity contribution in [3.8, 4) is 5.75 Å². The summed E-state index contributed by atoms with van der Waals surface area (Å²) in [4.78, 5) is 12.9. The van der Waals surface area contributed by atoms with E-state index < -0.39 is 10.0 Å². The highest BCUT2D eigenvalue weighted by atomic mass is 32.2. The van der Waals surface area contributed by atoms with Crippen LogP contribution in [0.2, 0.25) is 0 Å². The molecule has 0 atom stereocenters. The first-order valence-corrected chi connectivity index (χ1v) is 9.91. The second-order valence-electron chi connectivity index (χ2n) is 6.65. The minimum atomic E-state index is -3.60. The van der Waals surface area contributed by atoms with Crippen molar-refractivity contribution in [1.82, 2.24) is 4.31 Å². The van der Waals surface area contributed by atoms with Crippen LogP contribution in [0, 0.1) is 13.8 Å². The van der Waals surface area contributed by atoms with Crippen molar-refractivity contribution in [2.45, 2.75) is 18.7 Å². The lowest BCUT2D eigenvalue weighted by Gasteiger charge is -2.19. The van der Waals surface area contributed by atoms with Crippen LogP contribution in [0.15, 0.2) is 46.9 Å². The molecule has 2 aromatic carbocycles. The highest BCUT2D eigenvalue weighted by Gasteiger charge is 2.22. The van der Waals surface area contributed by atoms with Gasteiger partial charge in [0.1, 0.15) is 12.4 Å². The highest BCUT2D eigenvalue weighted by molar-refractivity contribution is 7.89. The van der Waals surface area contributed by atoms with Crippen LogP contribution in [-0.4, -0.2) is 39.3 Å². The second kappa shape index (κ2) is 7.17. The summed E-state index contributed by atoms with van der Waals surface area (Å²) < 4.78 is 31.7. The Kier molecular flexibility index (Phi) is 5.08. The molecule has 1 amide bonds. The monoisotopic (exact) mass is 386 g/mol. The number of hydrogen-bond donors (Lipinski definition) is 1. The minimum Gasteiger partial charge on any atom is -0.488 e. The summed E-state index contributed by atoms with van der Waals surface area (Å²) in [6, 6.07) is 10.6. The quantitative estimate of drug-likeness (QED) is 0.877. The standard InChI is InChI=1S/C20H22N2O4S/c1-13-9-17(27(24,25)22(3)4)11-18(14(13)2)21-20(23)16-10-15-7-5-6-8-19(15)26-12-16/h5-11H,12H2,1-4H3,(H,21,23). The Morgan fingerprint density at radius 3 is 2.56 bits per heavy atom. The van der Waals surface area contributed by atoms with E-state index in [1.54, 1.807) is 12.1 Å². The van der Waals surface area contributed by atoms with Gasteiger partial charge in [-0.1, -0.05) is 18.2 Å². The fraction of sp³-hybridized carbons (Fsp3) is 0.250. The van der Waals surface area contributed by atoms with Crippen molar-refractivity contribution < 1.29 is 17.9 Å². The van der Waals surface area contributed by atoms with Crippen LogP contribution in [0.4, 0.5) is 5.69 Å². The zero-order chi connectivity index (χ0) is 19.8. The van der Waals surface area contributed by atoms with Crippen molar-refractivity contribution in [3.05, 3.63) is 58.7 Å². The van der Waals surface area contributed by atoms with E-state index in [0.717, 1.165) is 26.7 Å². The molecule has 6 nitrogen and oxygen atoms in total. The first-order chi connectivity index (χ1) is 12.7. The molecule has 0 aromatic heterocycles. The molecule has 0 spiro atoms. The molecule has 142 valence electrons. The third-order valence-corrected chi connectivity index (χ3v) is 6.38. The van der Waals surface area contributed by atoms with Crippen LogP contribution in [0.25, 0.3) is 6.08 Å². The summed E-state index contributed by atoms with van der Waals surface area (Å²) in [7, 11) is -0.643. The number of benzene rings is 2. The number of para-hydroxylation sites is 1. The van der Waals surface area contributed by atoms with Gasteiger partial charge in [0.15, 0.2) is 0 Å². The SMILES string of the molecule is Cc1cc(S(=O)(=O)N(C)C)cc(NC(=O)C2=Cc3ccccc3OC2)c1C. The number of anilines is 1. The van der Waals surface area contributed by atoms with Crippen molar-refractivity contribution >= 4 is 27.7 Å². The fourth-order valence-corrected chi connectivity index (χ4v) is 3.78. The fourth-order valence-electron chi connectivity index (χ4n) is 2.77. The van der Waals surface area contributed by atoms with Gasteiger partial charge in [-0.25, -0.2) is 12.7 Å². The normalized spacial score (nSPS) is 13.6. The Bertz CT molecular complexity index is 1040. The van der Waals surface area contributed by atoms with E-state index in [2.05, 4.69) is 5.32 Å². The molecule has 0 aliphatic carbocycles. The van der Waals surface area contributed by atoms with Crippen LogP contribution in [-0.2, 0) is 14.8 Å². The van der Waals surface area contributed by atoms with Gasteiger partial charge in [0.05, 0.1) is 10.5 Å². The Hall–Kier alpha value is -2.64. The second-order valence-corrected chi connectivity index (χ2v) is 8.80. The van der Waals surface area contributed by atoms with Gasteiger partial charge in [-0.3, -0.25) is 4.79 Å². The molecule has 0 unspecified atom stereocenters. The van der Waals surface area contributed by atoms with Crippen LogP contribution >= 0.6 is 0 Å². The summed E-state index contributed by atoms with van der Waals surface area (Å²) in [6.45, 7) is 3.83. The maximum absolute atomic E-state index is 12.7. The van der Waals surface area contributed by atoms with Gasteiger partial charge >= 0.3 is 0 Å². The van der Waals surface area contributed by atoms with Gasteiger partial charge in [-0.2, -0.15) is 0 Å². The lowest BCUT2D eigenvalue weighted by molar-refractivity contribution is -0.113. The molecule has 7 heteroatoms. The van der Waals surface area contributed by atoms with Crippen LogP contribution in [0.1, 0.15) is 16.7 Å². The number of fused-ring (bicyclic) bond motifs is 1. The summed E-state index contributed by atoms with van der Waals surface area (Å²) in [5.41, 5.74) is 3.39. The number of nitrogens with zero attached hydrogens (tertiary/aromatic N) is 1. The van der Waals surface area contributed by atoms with Crippen molar-refractivity contribution in [2.75, 3.05) is 26.0 Å². The molecule has 0 saturated heterocycles. The molecule has 1 heterocycles. The number of carbonyl (C=O) groups is 1. The Balaban J connectivity index is 1.93. The van der Waals surface area contributed by atoms with Gasteiger partial charge in [-0.15, -0.1) is 0 Å². The molecule has 0 fully saturated rings. The van der Waals surface area contributed by atoms with Crippen molar-refractivity contribution in [3.63, 3.8) is 0 Å². The average molecular weight is 386 g/mol. The van der Waals surface area contributed by atoms with Gasteiger partial charge in [0.2, 0.25) is 10.0 Å². The zero-order valence-corrected chi connectivity index (χ0v) is 16.6. The zero-order valence-electron chi connectivity index (χ0n) is 15.7. The lowest BCUT2D eigenvalue weighted by atomic mass is 10.1. The highest BCUT2D eigenvalue weighted by Crippen LogP contribution is 2.28. The third-order valence-electron chi connectivity index (χ3n) is 4.59. The number of rotatable bonds is 4. The largest absolute Gasteiger partial charge is 0.488 e. The first-order valence-electron chi connectivity index (χ1n) is 8.47. The summed E-state index contributed by atoms with van der Waals surface area (Å²) in [5.74, 6) is 0.423. The lowest BCUT2D eigenvalue weighted by Crippen LogP contribution is -2.24. The molecular formula is C20H22N2O4S. The van der Waals surface area contributed by atoms with E-state index in [0.29, 0.717) is 11.3 Å². The molecule has 2 aromatic rings. The van der Waals surface area contributed by atoms with E-state index in [-0.39, 0.29) is 17.4 Å². The maximum Gasteiger partial charge on any atom is 0.255 e. The molecule has 1 aliphatic rings. The van der Waals surface area contributed by atoms with Crippen LogP contribution in [0.5, 0.6) is 5.75 Å². The van der Waals surface area contributed by atoms with E-state index in [9.17, 15) is 13.2 Å². The number of sulfonamides is 1. The molecule has 0 bridgehead atoms. The summed E-state index contributed by atoms with van der Waals surface area (Å²) >= 11 is 0. The molecule has 0 radical (unpaired) electrons. The molecule has 0 saturated carbocycles. The number of amides is 1. The van der Waals surface area contributed by atoms with E-state index >= 15 is 0 Å². The number of aryl methyl sites for hydroxylation is 1. The Labute approximate surface area is 159 Å². The predicted molar refractivity (Wildman–Crippen MR) is 105 cm³/mol. The number of nitrogens with one attached hydrogen (secondary N) is 1. The molecule has 27 heavy (non-hydrogen) atoms. The van der Waals surface area contributed by atoms with E-state index in [1.165, 1.54) is 20.2 Å². The van der Waals surface area contributed by atoms with Gasteiger partial charge in [-0.05, 0) is 49.2 Å². The van der Waals surface area contributed by atoms with E-state index in [1.807, 2.05) is 38.1 Å². The predicted octanol–water partition coefficient (Wildman–Crippen LogP) is 2.97. The average Bonchev–Trinajstić information content (AvgIpc) is 2.64. The molecule has 1 aliphatic heterocycles. The van der Waals surface area contributed by atoms with Crippen LogP contribution < -0.4 is 10.1 Å². The van der Waals surface area contributed by atoms with Crippen molar-refractivity contribution in [2.24, 2.45) is 0 Å². The van der Waals surface area contributed by atoms with Gasteiger partial charge < -0.3 is 10.1 Å². The minimum absolute atomic E-state index is 0.144. The van der Waals surface area contributed by atoms with Gasteiger partial charge in [0, 0.05) is 25.3 Å². The Morgan fingerprint density at radius 1 is 1.15 bits per heavy atom. The molecule has 3 rings (SSSR count). The summed E-state index contributed by atoms with van der Waals surface area (Å²) in [6.07, 6.45) is 1.79.